The monoisotopic (exact) mass is 431 g/mol. The molecular formula is C21H26FN5O2S. The average molecular weight is 432 g/mol. The van der Waals surface area contributed by atoms with Crippen LogP contribution in [0.3, 0.4) is 0 Å². The van der Waals surface area contributed by atoms with Crippen LogP contribution in [0.4, 0.5) is 4.39 Å². The number of fused-ring (bicyclic) bond motifs is 1. The maximum Gasteiger partial charge on any atom is 0.215 e. The van der Waals surface area contributed by atoms with Crippen molar-refractivity contribution in [1.82, 2.24) is 20.3 Å². The number of hydrogen-bond acceptors (Lipinski definition) is 3. The number of nitrogens with one attached hydrogen (secondary N) is 4. The largest absolute Gasteiger partial charge is 0.361 e. The SMILES string of the molecule is CN=C(NCCc1c[nH]c2ccc(F)cc12)NCc1ccc(CS(=O)(=O)NC)cc1. The van der Waals surface area contributed by atoms with Gasteiger partial charge < -0.3 is 15.6 Å². The van der Waals surface area contributed by atoms with Gasteiger partial charge in [0.25, 0.3) is 0 Å². The van der Waals surface area contributed by atoms with Crippen molar-refractivity contribution in [3.8, 4) is 0 Å². The summed E-state index contributed by atoms with van der Waals surface area (Å²) < 4.78 is 39.0. The van der Waals surface area contributed by atoms with Crippen molar-refractivity contribution in [1.29, 1.82) is 0 Å². The number of nitrogens with zero attached hydrogens (tertiary/aromatic N) is 1. The molecule has 1 heterocycles. The zero-order valence-corrected chi connectivity index (χ0v) is 17.8. The summed E-state index contributed by atoms with van der Waals surface area (Å²) in [6.07, 6.45) is 2.62. The van der Waals surface area contributed by atoms with E-state index in [9.17, 15) is 12.8 Å². The minimum Gasteiger partial charge on any atom is -0.361 e. The van der Waals surface area contributed by atoms with Crippen LogP contribution in [0.5, 0.6) is 0 Å². The van der Waals surface area contributed by atoms with Crippen molar-refractivity contribution < 1.29 is 12.8 Å². The second kappa shape index (κ2) is 9.73. The smallest absolute Gasteiger partial charge is 0.215 e. The fourth-order valence-corrected chi connectivity index (χ4v) is 3.90. The zero-order valence-electron chi connectivity index (χ0n) is 17.0. The van der Waals surface area contributed by atoms with Gasteiger partial charge in [-0.15, -0.1) is 0 Å². The van der Waals surface area contributed by atoms with E-state index >= 15 is 0 Å². The number of aromatic nitrogens is 1. The van der Waals surface area contributed by atoms with Gasteiger partial charge in [0.2, 0.25) is 10.0 Å². The van der Waals surface area contributed by atoms with Gasteiger partial charge >= 0.3 is 0 Å². The molecule has 0 saturated carbocycles. The van der Waals surface area contributed by atoms with E-state index in [1.54, 1.807) is 31.3 Å². The van der Waals surface area contributed by atoms with Crippen LogP contribution >= 0.6 is 0 Å². The van der Waals surface area contributed by atoms with Gasteiger partial charge in [-0.25, -0.2) is 17.5 Å². The molecule has 2 aromatic carbocycles. The predicted molar refractivity (Wildman–Crippen MR) is 118 cm³/mol. The lowest BCUT2D eigenvalue weighted by atomic mass is 10.1. The summed E-state index contributed by atoms with van der Waals surface area (Å²) in [5.74, 6) is 0.365. The average Bonchev–Trinajstić information content (AvgIpc) is 3.13. The van der Waals surface area contributed by atoms with Crippen LogP contribution in [0.2, 0.25) is 0 Å². The Kier molecular flexibility index (Phi) is 7.07. The van der Waals surface area contributed by atoms with Gasteiger partial charge in [0.15, 0.2) is 5.96 Å². The number of benzene rings is 2. The molecule has 30 heavy (non-hydrogen) atoms. The van der Waals surface area contributed by atoms with Crippen LogP contribution in [0.15, 0.2) is 53.7 Å². The van der Waals surface area contributed by atoms with Crippen LogP contribution in [0.25, 0.3) is 10.9 Å². The molecule has 3 aromatic rings. The molecule has 3 rings (SSSR count). The molecule has 1 aromatic heterocycles. The molecule has 0 aliphatic heterocycles. The first kappa shape index (κ1) is 21.8. The van der Waals surface area contributed by atoms with E-state index < -0.39 is 10.0 Å². The second-order valence-corrected chi connectivity index (χ2v) is 8.81. The fraction of sp³-hybridized carbons (Fsp3) is 0.286. The summed E-state index contributed by atoms with van der Waals surface area (Å²) in [7, 11) is -0.176. The molecule has 0 bridgehead atoms. The quantitative estimate of drug-likeness (QED) is 0.325. The molecule has 7 nitrogen and oxygen atoms in total. The Hall–Kier alpha value is -2.91. The first-order valence-electron chi connectivity index (χ1n) is 9.59. The highest BCUT2D eigenvalue weighted by molar-refractivity contribution is 7.88. The van der Waals surface area contributed by atoms with E-state index in [1.165, 1.54) is 13.1 Å². The van der Waals surface area contributed by atoms with Crippen LogP contribution in [0, 0.1) is 5.82 Å². The Labute approximate surface area is 175 Å². The highest BCUT2D eigenvalue weighted by Crippen LogP contribution is 2.19. The molecule has 0 saturated heterocycles. The van der Waals surface area contributed by atoms with Gasteiger partial charge in [-0.3, -0.25) is 4.99 Å². The number of rotatable bonds is 8. The van der Waals surface area contributed by atoms with Crippen molar-refractivity contribution in [2.45, 2.75) is 18.7 Å². The highest BCUT2D eigenvalue weighted by Gasteiger charge is 2.08. The normalized spacial score (nSPS) is 12.3. The van der Waals surface area contributed by atoms with Crippen LogP contribution < -0.4 is 15.4 Å². The molecule has 9 heteroatoms. The Morgan fingerprint density at radius 3 is 2.53 bits per heavy atom. The van der Waals surface area contributed by atoms with E-state index in [0.717, 1.165) is 34.0 Å². The molecule has 0 unspecified atom stereocenters. The van der Waals surface area contributed by atoms with Gasteiger partial charge in [0.1, 0.15) is 5.82 Å². The summed E-state index contributed by atoms with van der Waals surface area (Å²) in [6, 6.07) is 12.1. The van der Waals surface area contributed by atoms with Crippen LogP contribution in [0.1, 0.15) is 16.7 Å². The molecule has 0 radical (unpaired) electrons. The van der Waals surface area contributed by atoms with Gasteiger partial charge in [-0.2, -0.15) is 0 Å². The molecule has 0 aliphatic rings. The van der Waals surface area contributed by atoms with E-state index in [4.69, 9.17) is 0 Å². The van der Waals surface area contributed by atoms with Crippen LogP contribution in [-0.4, -0.2) is 40.0 Å². The third-order valence-electron chi connectivity index (χ3n) is 4.79. The van der Waals surface area contributed by atoms with Gasteiger partial charge in [0, 0.05) is 37.2 Å². The fourth-order valence-electron chi connectivity index (χ4n) is 3.12. The van der Waals surface area contributed by atoms with E-state index in [1.807, 2.05) is 18.3 Å². The van der Waals surface area contributed by atoms with Gasteiger partial charge in [-0.1, -0.05) is 24.3 Å². The van der Waals surface area contributed by atoms with E-state index in [0.29, 0.717) is 19.0 Å². The van der Waals surface area contributed by atoms with Crippen molar-refractivity contribution in [2.75, 3.05) is 20.6 Å². The Morgan fingerprint density at radius 2 is 1.83 bits per heavy atom. The number of aromatic amines is 1. The zero-order chi connectivity index (χ0) is 21.6. The number of halogens is 1. The highest BCUT2D eigenvalue weighted by atomic mass is 32.2. The van der Waals surface area contributed by atoms with Gasteiger partial charge in [0.05, 0.1) is 5.75 Å². The third kappa shape index (κ3) is 5.80. The molecule has 0 amide bonds. The molecule has 160 valence electrons. The topological polar surface area (TPSA) is 98.4 Å². The Bertz CT molecular complexity index is 1120. The first-order valence-corrected chi connectivity index (χ1v) is 11.2. The molecule has 0 aliphatic carbocycles. The van der Waals surface area contributed by atoms with Gasteiger partial charge in [-0.05, 0) is 48.4 Å². The summed E-state index contributed by atoms with van der Waals surface area (Å²) in [5.41, 5.74) is 3.70. The molecule has 4 N–H and O–H groups in total. The number of hydrogen-bond donors (Lipinski definition) is 4. The number of aliphatic imine (C=N–C) groups is 1. The lowest BCUT2D eigenvalue weighted by molar-refractivity contribution is 0.587. The Balaban J connectivity index is 1.49. The minimum atomic E-state index is -3.28. The Morgan fingerprint density at radius 1 is 1.10 bits per heavy atom. The number of guanidine groups is 1. The van der Waals surface area contributed by atoms with E-state index in [2.05, 4.69) is 25.3 Å². The molecule has 0 spiro atoms. The van der Waals surface area contributed by atoms with Crippen molar-refractivity contribution in [3.05, 3.63) is 71.2 Å². The number of H-pyrrole nitrogens is 1. The minimum absolute atomic E-state index is 0.0435. The molecule has 0 atom stereocenters. The maximum atomic E-state index is 13.5. The second-order valence-electron chi connectivity index (χ2n) is 6.89. The summed E-state index contributed by atoms with van der Waals surface area (Å²) in [5, 5.41) is 7.37. The summed E-state index contributed by atoms with van der Waals surface area (Å²) >= 11 is 0. The summed E-state index contributed by atoms with van der Waals surface area (Å²) in [6.45, 7) is 1.20. The first-order chi connectivity index (χ1) is 14.4. The lowest BCUT2D eigenvalue weighted by Crippen LogP contribution is -2.37. The van der Waals surface area contributed by atoms with Crippen molar-refractivity contribution >= 4 is 26.9 Å². The van der Waals surface area contributed by atoms with Crippen LogP contribution in [-0.2, 0) is 28.7 Å². The predicted octanol–water partition coefficient (Wildman–Crippen LogP) is 2.26. The van der Waals surface area contributed by atoms with E-state index in [-0.39, 0.29) is 11.6 Å². The summed E-state index contributed by atoms with van der Waals surface area (Å²) in [4.78, 5) is 7.37. The molecule has 0 fully saturated rings. The van der Waals surface area contributed by atoms with Crippen molar-refractivity contribution in [2.24, 2.45) is 4.99 Å². The lowest BCUT2D eigenvalue weighted by Gasteiger charge is -2.12. The van der Waals surface area contributed by atoms with Crippen molar-refractivity contribution in [3.63, 3.8) is 0 Å². The maximum absolute atomic E-state index is 13.5. The number of sulfonamides is 1. The molecular weight excluding hydrogens is 405 g/mol. The standard InChI is InChI=1S/C21H26FN5O2S/c1-23-21(25-10-9-17-13-26-20-8-7-18(22)11-19(17)20)27-12-15-3-5-16(6-4-15)14-30(28,29)24-2/h3-8,11,13,24,26H,9-10,12,14H2,1-2H3,(H2,23,25,27). The third-order valence-corrected chi connectivity index (χ3v) is 6.13.